The first kappa shape index (κ1) is 13.1. The molecular formula is C15H22BrNS. The van der Waals surface area contributed by atoms with E-state index in [1.807, 2.05) is 11.3 Å². The molecule has 0 spiro atoms. The van der Waals surface area contributed by atoms with Crippen molar-refractivity contribution in [3.05, 3.63) is 20.8 Å². The maximum atomic E-state index is 3.76. The Bertz CT molecular complexity index is 403. The van der Waals surface area contributed by atoms with Crippen LogP contribution in [0.4, 0.5) is 0 Å². The fourth-order valence-electron chi connectivity index (χ4n) is 4.10. The monoisotopic (exact) mass is 327 g/mol. The third kappa shape index (κ3) is 2.68. The Kier molecular flexibility index (Phi) is 4.12. The summed E-state index contributed by atoms with van der Waals surface area (Å²) in [6, 6.07) is 3.00. The molecule has 2 aliphatic rings. The van der Waals surface area contributed by atoms with Gasteiger partial charge in [-0.2, -0.15) is 0 Å². The highest BCUT2D eigenvalue weighted by atomic mass is 79.9. The number of halogens is 1. The summed E-state index contributed by atoms with van der Waals surface area (Å²) in [6.45, 7) is 3.34. The van der Waals surface area contributed by atoms with Crippen LogP contribution in [-0.2, 0) is 6.42 Å². The molecule has 1 heterocycles. The number of fused-ring (bicyclic) bond motifs is 2. The van der Waals surface area contributed by atoms with E-state index in [-0.39, 0.29) is 0 Å². The SMILES string of the molecule is CCNC(Cc1cc(Br)cs1)C1CC2CCC1C2. The van der Waals surface area contributed by atoms with E-state index in [2.05, 4.69) is 39.6 Å². The molecule has 4 unspecified atom stereocenters. The van der Waals surface area contributed by atoms with Gasteiger partial charge in [0.15, 0.2) is 0 Å². The average Bonchev–Trinajstić information content (AvgIpc) is 3.05. The lowest BCUT2D eigenvalue weighted by Crippen LogP contribution is -2.40. The van der Waals surface area contributed by atoms with Gasteiger partial charge in [-0.25, -0.2) is 0 Å². The molecule has 0 aromatic carbocycles. The number of nitrogens with one attached hydrogen (secondary N) is 1. The Morgan fingerprint density at radius 3 is 2.89 bits per heavy atom. The van der Waals surface area contributed by atoms with Crippen molar-refractivity contribution in [3.63, 3.8) is 0 Å². The highest BCUT2D eigenvalue weighted by molar-refractivity contribution is 9.10. The molecule has 1 N–H and O–H groups in total. The summed E-state index contributed by atoms with van der Waals surface area (Å²) in [5.74, 6) is 3.00. The minimum absolute atomic E-state index is 0.704. The molecule has 4 atom stereocenters. The van der Waals surface area contributed by atoms with Crippen molar-refractivity contribution >= 4 is 27.3 Å². The third-order valence-corrected chi connectivity index (χ3v) is 6.54. The van der Waals surface area contributed by atoms with E-state index in [0.717, 1.165) is 24.3 Å². The molecule has 2 saturated carbocycles. The fourth-order valence-corrected chi connectivity index (χ4v) is 5.61. The van der Waals surface area contributed by atoms with Crippen LogP contribution in [0.15, 0.2) is 15.9 Å². The molecule has 3 heteroatoms. The van der Waals surface area contributed by atoms with Gasteiger partial charge in [0.25, 0.3) is 0 Å². The van der Waals surface area contributed by atoms with Crippen LogP contribution in [-0.4, -0.2) is 12.6 Å². The zero-order valence-electron chi connectivity index (χ0n) is 11.0. The zero-order valence-corrected chi connectivity index (χ0v) is 13.4. The van der Waals surface area contributed by atoms with E-state index < -0.39 is 0 Å². The van der Waals surface area contributed by atoms with E-state index in [4.69, 9.17) is 0 Å². The topological polar surface area (TPSA) is 12.0 Å². The molecule has 3 rings (SSSR count). The summed E-state index contributed by atoms with van der Waals surface area (Å²) < 4.78 is 1.24. The van der Waals surface area contributed by atoms with Crippen LogP contribution in [0.25, 0.3) is 0 Å². The Balaban J connectivity index is 1.68. The number of hydrogen-bond acceptors (Lipinski definition) is 2. The Hall–Kier alpha value is 0.140. The summed E-state index contributed by atoms with van der Waals surface area (Å²) in [6.07, 6.45) is 7.21. The predicted molar refractivity (Wildman–Crippen MR) is 82.1 cm³/mol. The van der Waals surface area contributed by atoms with E-state index >= 15 is 0 Å². The summed E-state index contributed by atoms with van der Waals surface area (Å²) in [4.78, 5) is 1.52. The molecule has 0 amide bonds. The molecular weight excluding hydrogens is 306 g/mol. The molecule has 0 saturated heterocycles. The van der Waals surface area contributed by atoms with Crippen LogP contribution in [0.3, 0.4) is 0 Å². The van der Waals surface area contributed by atoms with E-state index in [1.165, 1.54) is 41.5 Å². The second-order valence-corrected chi connectivity index (χ2v) is 7.85. The van der Waals surface area contributed by atoms with Gasteiger partial charge < -0.3 is 5.32 Å². The second-order valence-electron chi connectivity index (χ2n) is 5.94. The normalized spacial score (nSPS) is 32.0. The molecule has 2 bridgehead atoms. The number of hydrogen-bond donors (Lipinski definition) is 1. The second kappa shape index (κ2) is 5.64. The van der Waals surface area contributed by atoms with Gasteiger partial charge in [0, 0.05) is 20.8 Å². The summed E-state index contributed by atoms with van der Waals surface area (Å²) in [5, 5.41) is 5.97. The summed E-state index contributed by atoms with van der Waals surface area (Å²) in [7, 11) is 0. The van der Waals surface area contributed by atoms with Crippen molar-refractivity contribution in [2.75, 3.05) is 6.54 Å². The van der Waals surface area contributed by atoms with Gasteiger partial charge in [0.05, 0.1) is 0 Å². The molecule has 1 aromatic heterocycles. The number of thiophene rings is 1. The van der Waals surface area contributed by atoms with Crippen molar-refractivity contribution in [1.29, 1.82) is 0 Å². The van der Waals surface area contributed by atoms with E-state index in [0.29, 0.717) is 6.04 Å². The zero-order chi connectivity index (χ0) is 12.5. The first-order valence-corrected chi connectivity index (χ1v) is 8.89. The molecule has 0 aliphatic heterocycles. The first-order valence-electron chi connectivity index (χ1n) is 7.22. The van der Waals surface area contributed by atoms with Gasteiger partial charge in [-0.15, -0.1) is 11.3 Å². The van der Waals surface area contributed by atoms with Crippen LogP contribution in [0.5, 0.6) is 0 Å². The molecule has 2 aliphatic carbocycles. The molecule has 2 fully saturated rings. The first-order chi connectivity index (χ1) is 8.76. The van der Waals surface area contributed by atoms with E-state index in [9.17, 15) is 0 Å². The Morgan fingerprint density at radius 2 is 2.33 bits per heavy atom. The minimum atomic E-state index is 0.704. The maximum Gasteiger partial charge on any atom is 0.0285 e. The van der Waals surface area contributed by atoms with Gasteiger partial charge in [0.2, 0.25) is 0 Å². The average molecular weight is 328 g/mol. The maximum absolute atomic E-state index is 3.76. The van der Waals surface area contributed by atoms with Crippen molar-refractivity contribution in [1.82, 2.24) is 5.32 Å². The molecule has 1 nitrogen and oxygen atoms in total. The molecule has 1 aromatic rings. The van der Waals surface area contributed by atoms with Gasteiger partial charge in [-0.3, -0.25) is 0 Å². The Morgan fingerprint density at radius 1 is 1.44 bits per heavy atom. The lowest BCUT2D eigenvalue weighted by atomic mass is 9.82. The molecule has 100 valence electrons. The van der Waals surface area contributed by atoms with Crippen LogP contribution >= 0.6 is 27.3 Å². The fraction of sp³-hybridized carbons (Fsp3) is 0.733. The van der Waals surface area contributed by atoms with Gasteiger partial charge in [-0.1, -0.05) is 13.3 Å². The lowest BCUT2D eigenvalue weighted by molar-refractivity contribution is 0.250. The minimum Gasteiger partial charge on any atom is -0.314 e. The standard InChI is InChI=1S/C15H22BrNS/c1-2-17-15(8-13-7-12(16)9-18-13)14-6-10-3-4-11(14)5-10/h7,9-11,14-15,17H,2-6,8H2,1H3. The van der Waals surface area contributed by atoms with Gasteiger partial charge in [-0.05, 0) is 72.0 Å². The third-order valence-electron chi connectivity index (χ3n) is 4.82. The van der Waals surface area contributed by atoms with Crippen LogP contribution in [0.1, 0.15) is 37.5 Å². The molecule has 18 heavy (non-hydrogen) atoms. The molecule has 0 radical (unpaired) electrons. The lowest BCUT2D eigenvalue weighted by Gasteiger charge is -2.31. The van der Waals surface area contributed by atoms with Gasteiger partial charge in [0.1, 0.15) is 0 Å². The number of rotatable bonds is 5. The van der Waals surface area contributed by atoms with Gasteiger partial charge >= 0.3 is 0 Å². The van der Waals surface area contributed by atoms with Crippen molar-refractivity contribution in [3.8, 4) is 0 Å². The van der Waals surface area contributed by atoms with Crippen LogP contribution in [0.2, 0.25) is 0 Å². The van der Waals surface area contributed by atoms with Crippen molar-refractivity contribution < 1.29 is 0 Å². The largest absolute Gasteiger partial charge is 0.314 e. The van der Waals surface area contributed by atoms with E-state index in [1.54, 1.807) is 0 Å². The summed E-state index contributed by atoms with van der Waals surface area (Å²) >= 11 is 5.46. The van der Waals surface area contributed by atoms with Crippen molar-refractivity contribution in [2.45, 2.75) is 45.1 Å². The highest BCUT2D eigenvalue weighted by Gasteiger charge is 2.42. The van der Waals surface area contributed by atoms with Crippen molar-refractivity contribution in [2.24, 2.45) is 17.8 Å². The highest BCUT2D eigenvalue weighted by Crippen LogP contribution is 2.50. The quantitative estimate of drug-likeness (QED) is 0.841. The Labute approximate surface area is 122 Å². The van der Waals surface area contributed by atoms with Crippen LogP contribution in [0, 0.1) is 17.8 Å². The number of likely N-dealkylation sites (N-methyl/N-ethyl adjacent to an activating group) is 1. The smallest absolute Gasteiger partial charge is 0.0285 e. The van der Waals surface area contributed by atoms with Crippen LogP contribution < -0.4 is 5.32 Å². The predicted octanol–water partition coefficient (Wildman–Crippen LogP) is 4.47. The summed E-state index contributed by atoms with van der Waals surface area (Å²) in [5.41, 5.74) is 0.